The molecular weight excluding hydrogens is 326 g/mol. The molecule has 1 unspecified atom stereocenters. The minimum absolute atomic E-state index is 0.0977. The number of rotatable bonds is 6. The van der Waals surface area contributed by atoms with Crippen LogP contribution in [-0.2, 0) is 6.42 Å². The van der Waals surface area contributed by atoms with Gasteiger partial charge in [0.1, 0.15) is 0 Å². The van der Waals surface area contributed by atoms with E-state index in [1.807, 2.05) is 67.2 Å². The highest BCUT2D eigenvalue weighted by atomic mass is 16.2. The van der Waals surface area contributed by atoms with Gasteiger partial charge in [-0.3, -0.25) is 4.98 Å². The maximum Gasteiger partial charge on any atom is 0.315 e. The molecule has 6 nitrogen and oxygen atoms in total. The van der Waals surface area contributed by atoms with Crippen LogP contribution in [0.15, 0.2) is 61.3 Å². The van der Waals surface area contributed by atoms with Gasteiger partial charge in [0.25, 0.3) is 0 Å². The highest BCUT2D eigenvalue weighted by Crippen LogP contribution is 2.16. The summed E-state index contributed by atoms with van der Waals surface area (Å²) in [6.45, 7) is 4.49. The highest BCUT2D eigenvalue weighted by molar-refractivity contribution is 5.74. The molecule has 0 aliphatic carbocycles. The molecular formula is C20H23N5O. The summed E-state index contributed by atoms with van der Waals surface area (Å²) in [4.78, 5) is 20.5. The van der Waals surface area contributed by atoms with Crippen molar-refractivity contribution in [3.05, 3.63) is 78.1 Å². The fourth-order valence-corrected chi connectivity index (χ4v) is 2.66. The third-order valence-electron chi connectivity index (χ3n) is 4.19. The first-order valence-electron chi connectivity index (χ1n) is 8.66. The summed E-state index contributed by atoms with van der Waals surface area (Å²) in [5.41, 5.74) is 4.15. The van der Waals surface area contributed by atoms with Crippen LogP contribution in [0.3, 0.4) is 0 Å². The van der Waals surface area contributed by atoms with E-state index in [2.05, 4.69) is 20.6 Å². The van der Waals surface area contributed by atoms with Crippen LogP contribution < -0.4 is 10.6 Å². The lowest BCUT2D eigenvalue weighted by molar-refractivity contribution is 0.238. The molecule has 134 valence electrons. The van der Waals surface area contributed by atoms with Gasteiger partial charge in [-0.05, 0) is 49.6 Å². The Morgan fingerprint density at radius 1 is 1.27 bits per heavy atom. The predicted molar refractivity (Wildman–Crippen MR) is 101 cm³/mol. The van der Waals surface area contributed by atoms with Gasteiger partial charge in [-0.25, -0.2) is 9.78 Å². The average molecular weight is 349 g/mol. The van der Waals surface area contributed by atoms with E-state index in [0.717, 1.165) is 28.9 Å². The largest absolute Gasteiger partial charge is 0.338 e. The third-order valence-corrected chi connectivity index (χ3v) is 4.19. The second-order valence-corrected chi connectivity index (χ2v) is 6.24. The standard InChI is InChI=1S/C20H23N5O/c1-15-6-7-17(13-23-15)8-9-22-20(26)24-16(2)18-4-3-5-19(12-18)25-11-10-21-14-25/h3-7,10-14,16H,8-9H2,1-2H3,(H2,22,24,26). The maximum atomic E-state index is 12.1. The Balaban J connectivity index is 1.51. The molecule has 2 amide bonds. The third kappa shape index (κ3) is 4.69. The Kier molecular flexibility index (Phi) is 5.63. The van der Waals surface area contributed by atoms with Crippen molar-refractivity contribution in [3.8, 4) is 5.69 Å². The SMILES string of the molecule is Cc1ccc(CCNC(=O)NC(C)c2cccc(-n3ccnc3)c2)cn1. The molecule has 0 saturated heterocycles. The summed E-state index contributed by atoms with van der Waals surface area (Å²) in [6, 6.07) is 11.8. The number of aromatic nitrogens is 3. The summed E-state index contributed by atoms with van der Waals surface area (Å²) < 4.78 is 1.94. The molecule has 0 saturated carbocycles. The summed E-state index contributed by atoms with van der Waals surface area (Å²) in [5.74, 6) is 0. The van der Waals surface area contributed by atoms with Crippen molar-refractivity contribution in [2.24, 2.45) is 0 Å². The van der Waals surface area contributed by atoms with Gasteiger partial charge in [0, 0.05) is 36.5 Å². The zero-order chi connectivity index (χ0) is 18.4. The maximum absolute atomic E-state index is 12.1. The van der Waals surface area contributed by atoms with Crippen molar-refractivity contribution in [1.29, 1.82) is 0 Å². The van der Waals surface area contributed by atoms with Crippen LogP contribution in [-0.4, -0.2) is 27.1 Å². The zero-order valence-electron chi connectivity index (χ0n) is 15.0. The van der Waals surface area contributed by atoms with Gasteiger partial charge in [0.05, 0.1) is 12.4 Å². The summed E-state index contributed by atoms with van der Waals surface area (Å²) in [7, 11) is 0. The first kappa shape index (κ1) is 17.7. The molecule has 0 bridgehead atoms. The van der Waals surface area contributed by atoms with Crippen LogP contribution in [0.4, 0.5) is 4.79 Å². The molecule has 2 aromatic heterocycles. The molecule has 1 atom stereocenters. The van der Waals surface area contributed by atoms with E-state index in [4.69, 9.17) is 0 Å². The van der Waals surface area contributed by atoms with Crippen LogP contribution in [0.5, 0.6) is 0 Å². The van der Waals surface area contributed by atoms with Gasteiger partial charge in [-0.1, -0.05) is 18.2 Å². The van der Waals surface area contributed by atoms with Crippen LogP contribution in [0.25, 0.3) is 5.69 Å². The van der Waals surface area contributed by atoms with Crippen LogP contribution >= 0.6 is 0 Å². The minimum Gasteiger partial charge on any atom is -0.338 e. The minimum atomic E-state index is -0.175. The molecule has 0 aliphatic heterocycles. The molecule has 0 spiro atoms. The van der Waals surface area contributed by atoms with Crippen molar-refractivity contribution in [2.75, 3.05) is 6.54 Å². The topological polar surface area (TPSA) is 71.8 Å². The van der Waals surface area contributed by atoms with Gasteiger partial charge >= 0.3 is 6.03 Å². The number of nitrogens with zero attached hydrogens (tertiary/aromatic N) is 3. The fourth-order valence-electron chi connectivity index (χ4n) is 2.66. The average Bonchev–Trinajstić information content (AvgIpc) is 3.18. The fraction of sp³-hybridized carbons (Fsp3) is 0.250. The molecule has 3 rings (SSSR count). The van der Waals surface area contributed by atoms with E-state index in [9.17, 15) is 4.79 Å². The lowest BCUT2D eigenvalue weighted by atomic mass is 10.1. The van der Waals surface area contributed by atoms with Crippen LogP contribution in [0.2, 0.25) is 0 Å². The first-order chi connectivity index (χ1) is 12.6. The number of hydrogen-bond acceptors (Lipinski definition) is 3. The van der Waals surface area contributed by atoms with E-state index in [1.54, 1.807) is 12.5 Å². The number of imidazole rings is 1. The number of aryl methyl sites for hydroxylation is 1. The van der Waals surface area contributed by atoms with Gasteiger partial charge < -0.3 is 15.2 Å². The van der Waals surface area contributed by atoms with Crippen LogP contribution in [0, 0.1) is 6.92 Å². The van der Waals surface area contributed by atoms with Crippen molar-refractivity contribution < 1.29 is 4.79 Å². The quantitative estimate of drug-likeness (QED) is 0.718. The number of benzene rings is 1. The highest BCUT2D eigenvalue weighted by Gasteiger charge is 2.10. The van der Waals surface area contributed by atoms with Crippen molar-refractivity contribution in [3.63, 3.8) is 0 Å². The smallest absolute Gasteiger partial charge is 0.315 e. The number of pyridine rings is 1. The Labute approximate surface area is 153 Å². The van der Waals surface area contributed by atoms with Gasteiger partial charge in [-0.15, -0.1) is 0 Å². The molecule has 6 heteroatoms. The number of amides is 2. The summed E-state index contributed by atoms with van der Waals surface area (Å²) in [5, 5.41) is 5.87. The number of urea groups is 1. The van der Waals surface area contributed by atoms with E-state index in [1.165, 1.54) is 0 Å². The second-order valence-electron chi connectivity index (χ2n) is 6.24. The van der Waals surface area contributed by atoms with E-state index in [0.29, 0.717) is 6.54 Å². The van der Waals surface area contributed by atoms with Crippen molar-refractivity contribution in [2.45, 2.75) is 26.3 Å². The Bertz CT molecular complexity index is 843. The second kappa shape index (κ2) is 8.29. The first-order valence-corrected chi connectivity index (χ1v) is 8.66. The zero-order valence-corrected chi connectivity index (χ0v) is 15.0. The lowest BCUT2D eigenvalue weighted by Gasteiger charge is -2.16. The lowest BCUT2D eigenvalue weighted by Crippen LogP contribution is -2.38. The molecule has 0 radical (unpaired) electrons. The Morgan fingerprint density at radius 3 is 2.88 bits per heavy atom. The number of hydrogen-bond donors (Lipinski definition) is 2. The number of carbonyl (C=O) groups is 1. The van der Waals surface area contributed by atoms with Gasteiger partial charge in [0.15, 0.2) is 0 Å². The predicted octanol–water partition coefficient (Wildman–Crippen LogP) is 3.18. The number of carbonyl (C=O) groups excluding carboxylic acids is 1. The van der Waals surface area contributed by atoms with Crippen LogP contribution in [0.1, 0.15) is 29.8 Å². The van der Waals surface area contributed by atoms with E-state index in [-0.39, 0.29) is 12.1 Å². The monoisotopic (exact) mass is 349 g/mol. The molecule has 3 aromatic rings. The van der Waals surface area contributed by atoms with E-state index >= 15 is 0 Å². The number of nitrogens with one attached hydrogen (secondary N) is 2. The van der Waals surface area contributed by atoms with Crippen molar-refractivity contribution in [1.82, 2.24) is 25.2 Å². The molecule has 2 heterocycles. The summed E-state index contributed by atoms with van der Waals surface area (Å²) in [6.07, 6.45) is 7.99. The molecule has 2 N–H and O–H groups in total. The molecule has 26 heavy (non-hydrogen) atoms. The van der Waals surface area contributed by atoms with E-state index < -0.39 is 0 Å². The molecule has 0 aliphatic rings. The normalized spacial score (nSPS) is 11.8. The Hall–Kier alpha value is -3.15. The van der Waals surface area contributed by atoms with Crippen molar-refractivity contribution >= 4 is 6.03 Å². The van der Waals surface area contributed by atoms with Gasteiger partial charge in [0.2, 0.25) is 0 Å². The van der Waals surface area contributed by atoms with Gasteiger partial charge in [-0.2, -0.15) is 0 Å². The molecule has 1 aromatic carbocycles. The Morgan fingerprint density at radius 2 is 2.15 bits per heavy atom. The molecule has 0 fully saturated rings. The summed E-state index contributed by atoms with van der Waals surface area (Å²) >= 11 is 0.